The van der Waals surface area contributed by atoms with Gasteiger partial charge in [-0.15, -0.1) is 0 Å². The van der Waals surface area contributed by atoms with E-state index in [9.17, 15) is 4.79 Å². The molecule has 0 aromatic rings. The second-order valence-corrected chi connectivity index (χ2v) is 5.86. The molecule has 2 saturated carbocycles. The molecule has 14 heavy (non-hydrogen) atoms. The van der Waals surface area contributed by atoms with E-state index in [0.717, 1.165) is 17.8 Å². The van der Waals surface area contributed by atoms with Crippen LogP contribution in [0, 0.1) is 23.7 Å². The number of rotatable bonds is 2. The highest BCUT2D eigenvalue weighted by atomic mass is 35.5. The predicted molar refractivity (Wildman–Crippen MR) is 58.2 cm³/mol. The molecular formula is C12H19ClO. The maximum absolute atomic E-state index is 10.9. The Morgan fingerprint density at radius 2 is 1.71 bits per heavy atom. The van der Waals surface area contributed by atoms with Gasteiger partial charge in [-0.05, 0) is 67.4 Å². The highest BCUT2D eigenvalue weighted by Gasteiger charge is 2.34. The lowest BCUT2D eigenvalue weighted by Gasteiger charge is -2.41. The van der Waals surface area contributed by atoms with Crippen LogP contribution in [0.3, 0.4) is 0 Å². The first-order valence-electron chi connectivity index (χ1n) is 5.81. The van der Waals surface area contributed by atoms with Crippen LogP contribution >= 0.6 is 11.6 Å². The molecule has 0 aromatic heterocycles. The molecule has 1 nitrogen and oxygen atoms in total. The van der Waals surface area contributed by atoms with E-state index in [2.05, 4.69) is 6.92 Å². The molecule has 2 bridgehead atoms. The molecule has 2 aliphatic rings. The fourth-order valence-corrected chi connectivity index (χ4v) is 3.93. The van der Waals surface area contributed by atoms with Gasteiger partial charge in [0.25, 0.3) is 0 Å². The third kappa shape index (κ3) is 2.50. The van der Waals surface area contributed by atoms with E-state index in [4.69, 9.17) is 11.6 Å². The van der Waals surface area contributed by atoms with Crippen molar-refractivity contribution < 1.29 is 4.79 Å². The average molecular weight is 215 g/mol. The lowest BCUT2D eigenvalue weighted by atomic mass is 9.64. The highest BCUT2D eigenvalue weighted by molar-refractivity contribution is 6.63. The third-order valence-electron chi connectivity index (χ3n) is 3.92. The summed E-state index contributed by atoms with van der Waals surface area (Å²) in [5.74, 6) is 3.28. The number of carbonyl (C=O) groups excluding carboxylic acids is 1. The Hall–Kier alpha value is -0.0400. The molecule has 80 valence electrons. The Morgan fingerprint density at radius 1 is 1.14 bits per heavy atom. The Bertz CT molecular complexity index is 208. The zero-order valence-electron chi connectivity index (χ0n) is 8.84. The van der Waals surface area contributed by atoms with Crippen molar-refractivity contribution in [1.29, 1.82) is 0 Å². The largest absolute Gasteiger partial charge is 0.281 e. The molecule has 2 atom stereocenters. The number of hydrogen-bond donors (Lipinski definition) is 0. The van der Waals surface area contributed by atoms with Crippen LogP contribution in [-0.2, 0) is 4.79 Å². The van der Waals surface area contributed by atoms with Crippen LogP contribution in [0.5, 0.6) is 0 Å². The zero-order valence-corrected chi connectivity index (χ0v) is 9.59. The van der Waals surface area contributed by atoms with E-state index in [0.29, 0.717) is 12.3 Å². The number of halogens is 1. The second-order valence-electron chi connectivity index (χ2n) is 5.44. The minimum atomic E-state index is -0.136. The summed E-state index contributed by atoms with van der Waals surface area (Å²) < 4.78 is 0. The van der Waals surface area contributed by atoms with Gasteiger partial charge in [0, 0.05) is 6.42 Å². The normalized spacial score (nSPS) is 42.1. The van der Waals surface area contributed by atoms with Crippen molar-refractivity contribution in [3.63, 3.8) is 0 Å². The maximum atomic E-state index is 10.9. The summed E-state index contributed by atoms with van der Waals surface area (Å²) in [5, 5.41) is -0.136. The summed E-state index contributed by atoms with van der Waals surface area (Å²) in [5.41, 5.74) is 0. The number of carbonyl (C=O) groups is 1. The molecule has 0 heterocycles. The first-order chi connectivity index (χ1) is 6.63. The summed E-state index contributed by atoms with van der Waals surface area (Å²) in [6, 6.07) is 0. The van der Waals surface area contributed by atoms with Crippen molar-refractivity contribution >= 4 is 16.8 Å². The second kappa shape index (κ2) is 4.22. The van der Waals surface area contributed by atoms with E-state index in [-0.39, 0.29) is 5.24 Å². The summed E-state index contributed by atoms with van der Waals surface area (Å²) >= 11 is 5.46. The zero-order chi connectivity index (χ0) is 10.1. The fourth-order valence-electron chi connectivity index (χ4n) is 3.72. The van der Waals surface area contributed by atoms with Crippen molar-refractivity contribution in [1.82, 2.24) is 0 Å². The van der Waals surface area contributed by atoms with Crippen molar-refractivity contribution in [3.8, 4) is 0 Å². The maximum Gasteiger partial charge on any atom is 0.221 e. The molecule has 2 aliphatic carbocycles. The Kier molecular flexibility index (Phi) is 3.16. The first kappa shape index (κ1) is 10.5. The van der Waals surface area contributed by atoms with E-state index in [1.807, 2.05) is 0 Å². The van der Waals surface area contributed by atoms with E-state index < -0.39 is 0 Å². The Balaban J connectivity index is 1.92. The van der Waals surface area contributed by atoms with Crippen molar-refractivity contribution in [2.75, 3.05) is 0 Å². The minimum Gasteiger partial charge on any atom is -0.281 e. The third-order valence-corrected chi connectivity index (χ3v) is 4.07. The van der Waals surface area contributed by atoms with Crippen LogP contribution in [0.4, 0.5) is 0 Å². The first-order valence-corrected chi connectivity index (χ1v) is 6.19. The van der Waals surface area contributed by atoms with Gasteiger partial charge in [0.15, 0.2) is 0 Å². The predicted octanol–water partition coefficient (Wildman–Crippen LogP) is 3.60. The molecule has 2 rings (SSSR count). The fraction of sp³-hybridized carbons (Fsp3) is 0.917. The quantitative estimate of drug-likeness (QED) is 0.642. The molecule has 0 aromatic carbocycles. The van der Waals surface area contributed by atoms with Crippen LogP contribution in [0.1, 0.15) is 45.4 Å². The van der Waals surface area contributed by atoms with Gasteiger partial charge in [0.05, 0.1) is 0 Å². The van der Waals surface area contributed by atoms with E-state index >= 15 is 0 Å². The standard InChI is InChI=1S/C12H19ClO/c1-8-2-9-4-10(3-8)6-11(5-9)7-12(13)14/h8-11H,2-7H2,1H3. The SMILES string of the molecule is CC1CC2CC(CC(=O)Cl)CC(C1)C2. The monoisotopic (exact) mass is 214 g/mol. The summed E-state index contributed by atoms with van der Waals surface area (Å²) in [4.78, 5) is 10.9. The van der Waals surface area contributed by atoms with Gasteiger partial charge < -0.3 is 0 Å². The van der Waals surface area contributed by atoms with E-state index in [1.54, 1.807) is 0 Å². The lowest BCUT2D eigenvalue weighted by molar-refractivity contribution is -0.113. The van der Waals surface area contributed by atoms with Gasteiger partial charge in [-0.3, -0.25) is 4.79 Å². The Labute approximate surface area is 91.2 Å². The smallest absolute Gasteiger partial charge is 0.221 e. The molecule has 0 aliphatic heterocycles. The molecule has 2 unspecified atom stereocenters. The minimum absolute atomic E-state index is 0.136. The summed E-state index contributed by atoms with van der Waals surface area (Å²) in [6.45, 7) is 2.37. The van der Waals surface area contributed by atoms with Gasteiger partial charge >= 0.3 is 0 Å². The van der Waals surface area contributed by atoms with E-state index in [1.165, 1.54) is 32.1 Å². The molecule has 0 amide bonds. The van der Waals surface area contributed by atoms with Crippen molar-refractivity contribution in [3.05, 3.63) is 0 Å². The van der Waals surface area contributed by atoms with Crippen LogP contribution < -0.4 is 0 Å². The van der Waals surface area contributed by atoms with Gasteiger partial charge in [-0.1, -0.05) is 6.92 Å². The highest BCUT2D eigenvalue weighted by Crippen LogP contribution is 2.45. The lowest BCUT2D eigenvalue weighted by Crippen LogP contribution is -2.30. The molecular weight excluding hydrogens is 196 g/mol. The molecule has 2 heteroatoms. The Morgan fingerprint density at radius 3 is 2.21 bits per heavy atom. The van der Waals surface area contributed by atoms with Crippen LogP contribution in [0.15, 0.2) is 0 Å². The summed E-state index contributed by atoms with van der Waals surface area (Å²) in [7, 11) is 0. The number of fused-ring (bicyclic) bond motifs is 2. The summed E-state index contributed by atoms with van der Waals surface area (Å²) in [6.07, 6.45) is 7.28. The van der Waals surface area contributed by atoms with Crippen LogP contribution in [0.25, 0.3) is 0 Å². The van der Waals surface area contributed by atoms with Gasteiger partial charge in [-0.2, -0.15) is 0 Å². The average Bonchev–Trinajstić information content (AvgIpc) is 1.99. The van der Waals surface area contributed by atoms with Crippen LogP contribution in [-0.4, -0.2) is 5.24 Å². The molecule has 0 saturated heterocycles. The molecule has 0 spiro atoms. The van der Waals surface area contributed by atoms with Crippen molar-refractivity contribution in [2.45, 2.75) is 45.4 Å². The van der Waals surface area contributed by atoms with Gasteiger partial charge in [0.1, 0.15) is 0 Å². The van der Waals surface area contributed by atoms with Gasteiger partial charge in [-0.25, -0.2) is 0 Å². The molecule has 0 radical (unpaired) electrons. The van der Waals surface area contributed by atoms with Crippen LogP contribution in [0.2, 0.25) is 0 Å². The molecule has 2 fully saturated rings. The number of hydrogen-bond acceptors (Lipinski definition) is 1. The van der Waals surface area contributed by atoms with Crippen molar-refractivity contribution in [2.24, 2.45) is 23.7 Å². The molecule has 0 N–H and O–H groups in total. The van der Waals surface area contributed by atoms with Gasteiger partial charge in [0.2, 0.25) is 5.24 Å². The topological polar surface area (TPSA) is 17.1 Å².